The van der Waals surface area contributed by atoms with Crippen LogP contribution in [0.25, 0.3) is 0 Å². The molecule has 0 aliphatic carbocycles. The molecule has 24 heavy (non-hydrogen) atoms. The smallest absolute Gasteiger partial charge is 0.435 e. The number of hydrogen-bond acceptors (Lipinski definition) is 3. The van der Waals surface area contributed by atoms with Gasteiger partial charge in [-0.1, -0.05) is 6.07 Å². The second-order valence-corrected chi connectivity index (χ2v) is 8.02. The lowest BCUT2D eigenvalue weighted by atomic mass is 9.95. The molecule has 1 aliphatic rings. The number of aryl methyl sites for hydroxylation is 1. The summed E-state index contributed by atoms with van der Waals surface area (Å²) in [5.41, 5.74) is 3.40. The van der Waals surface area contributed by atoms with E-state index in [-0.39, 0.29) is 16.1 Å². The van der Waals surface area contributed by atoms with Crippen molar-refractivity contribution in [1.29, 1.82) is 0 Å². The van der Waals surface area contributed by atoms with Gasteiger partial charge in [-0.3, -0.25) is 4.90 Å². The molecule has 1 aromatic carbocycles. The Hall–Kier alpha value is -1.59. The van der Waals surface area contributed by atoms with E-state index in [0.717, 1.165) is 25.3 Å². The number of piperazine rings is 1. The second kappa shape index (κ2) is 6.73. The molecule has 1 aromatic rings. The SMILES string of the molecule is CNc1ccc(CN2CC[N+](C(=O)O)(C(C)(C)C)[C@@H](C)C2)c(C)c1. The second-order valence-electron chi connectivity index (χ2n) is 8.02. The number of carboxylic acid groups (broad SMARTS) is 1. The molecule has 0 radical (unpaired) electrons. The zero-order valence-corrected chi connectivity index (χ0v) is 15.9. The van der Waals surface area contributed by atoms with Crippen LogP contribution in [-0.4, -0.2) is 58.8 Å². The van der Waals surface area contributed by atoms with Crippen molar-refractivity contribution in [3.05, 3.63) is 29.3 Å². The average molecular weight is 334 g/mol. The van der Waals surface area contributed by atoms with E-state index in [1.807, 2.05) is 27.8 Å². The molecule has 1 heterocycles. The Bertz CT molecular complexity index is 609. The van der Waals surface area contributed by atoms with Gasteiger partial charge in [0.1, 0.15) is 18.1 Å². The molecule has 1 aliphatic heterocycles. The Labute approximate surface area is 145 Å². The Morgan fingerprint density at radius 3 is 2.54 bits per heavy atom. The van der Waals surface area contributed by atoms with Crippen molar-refractivity contribution in [2.24, 2.45) is 0 Å². The highest BCUT2D eigenvalue weighted by atomic mass is 16.4. The third-order valence-electron chi connectivity index (χ3n) is 5.61. The van der Waals surface area contributed by atoms with Gasteiger partial charge in [0, 0.05) is 25.8 Å². The third-order valence-corrected chi connectivity index (χ3v) is 5.61. The number of nitrogens with one attached hydrogen (secondary N) is 1. The molecular formula is C19H32N3O2+. The summed E-state index contributed by atoms with van der Waals surface area (Å²) in [4.78, 5) is 14.5. The minimum Gasteiger partial charge on any atom is -0.435 e. The van der Waals surface area contributed by atoms with Gasteiger partial charge in [0.15, 0.2) is 0 Å². The first kappa shape index (κ1) is 18.7. The summed E-state index contributed by atoms with van der Waals surface area (Å²) in [5, 5.41) is 13.1. The first-order valence-corrected chi connectivity index (χ1v) is 8.73. The van der Waals surface area contributed by atoms with E-state index in [1.165, 1.54) is 11.1 Å². The van der Waals surface area contributed by atoms with Crippen LogP contribution < -0.4 is 5.32 Å². The first-order valence-electron chi connectivity index (χ1n) is 8.73. The van der Waals surface area contributed by atoms with Gasteiger partial charge in [0.2, 0.25) is 0 Å². The number of carbonyl (C=O) groups is 1. The maximum atomic E-state index is 12.1. The van der Waals surface area contributed by atoms with Crippen LogP contribution in [-0.2, 0) is 6.54 Å². The van der Waals surface area contributed by atoms with Crippen molar-refractivity contribution in [3.8, 4) is 0 Å². The lowest BCUT2D eigenvalue weighted by molar-refractivity contribution is -0.929. The standard InChI is InChI=1S/C19H31N3O2/c1-14-11-17(20-6)8-7-16(14)13-21-9-10-22(18(23)24,15(2)12-21)19(3,4)5/h7-8,11,15,20H,9-10,12-13H2,1-6H3/p+1/t15-,22?/m0/s1. The molecule has 0 bridgehead atoms. The fourth-order valence-electron chi connectivity index (χ4n) is 4.10. The predicted octanol–water partition coefficient (Wildman–Crippen LogP) is 3.53. The lowest BCUT2D eigenvalue weighted by Crippen LogP contribution is -2.73. The van der Waals surface area contributed by atoms with Gasteiger partial charge in [-0.05, 0) is 57.9 Å². The average Bonchev–Trinajstić information content (AvgIpc) is 2.47. The largest absolute Gasteiger partial charge is 0.514 e. The van der Waals surface area contributed by atoms with Crippen molar-refractivity contribution in [3.63, 3.8) is 0 Å². The molecule has 134 valence electrons. The van der Waals surface area contributed by atoms with Crippen molar-refractivity contribution in [2.75, 3.05) is 32.0 Å². The molecular weight excluding hydrogens is 302 g/mol. The molecule has 2 atom stereocenters. The maximum absolute atomic E-state index is 12.1. The summed E-state index contributed by atoms with van der Waals surface area (Å²) in [6.07, 6.45) is -0.704. The van der Waals surface area contributed by atoms with Gasteiger partial charge >= 0.3 is 6.09 Å². The molecule has 2 rings (SSSR count). The van der Waals surface area contributed by atoms with Gasteiger partial charge in [0.25, 0.3) is 0 Å². The van der Waals surface area contributed by atoms with Crippen molar-refractivity contribution >= 4 is 11.8 Å². The van der Waals surface area contributed by atoms with Crippen LogP contribution in [0.3, 0.4) is 0 Å². The number of rotatable bonds is 3. The highest BCUT2D eigenvalue weighted by Crippen LogP contribution is 2.33. The fourth-order valence-corrected chi connectivity index (χ4v) is 4.10. The summed E-state index contributed by atoms with van der Waals surface area (Å²) in [6, 6.07) is 6.50. The summed E-state index contributed by atoms with van der Waals surface area (Å²) >= 11 is 0. The Morgan fingerprint density at radius 1 is 1.42 bits per heavy atom. The van der Waals surface area contributed by atoms with Crippen LogP contribution in [0.1, 0.15) is 38.8 Å². The van der Waals surface area contributed by atoms with Gasteiger partial charge in [-0.15, -0.1) is 0 Å². The number of amides is 1. The van der Waals surface area contributed by atoms with E-state index in [4.69, 9.17) is 0 Å². The summed E-state index contributed by atoms with van der Waals surface area (Å²) in [7, 11) is 1.93. The lowest BCUT2D eigenvalue weighted by Gasteiger charge is -2.52. The highest BCUT2D eigenvalue weighted by Gasteiger charge is 2.54. The molecule has 1 unspecified atom stereocenters. The molecule has 1 saturated heterocycles. The van der Waals surface area contributed by atoms with E-state index >= 15 is 0 Å². The predicted molar refractivity (Wildman–Crippen MR) is 98.4 cm³/mol. The van der Waals surface area contributed by atoms with Crippen LogP contribution in [0.2, 0.25) is 0 Å². The van der Waals surface area contributed by atoms with Crippen LogP contribution >= 0.6 is 0 Å². The van der Waals surface area contributed by atoms with Gasteiger partial charge in [0.05, 0.1) is 6.54 Å². The molecule has 0 spiro atoms. The maximum Gasteiger partial charge on any atom is 0.514 e. The molecule has 5 heteroatoms. The van der Waals surface area contributed by atoms with Crippen molar-refractivity contribution < 1.29 is 14.4 Å². The monoisotopic (exact) mass is 334 g/mol. The zero-order valence-electron chi connectivity index (χ0n) is 15.9. The minimum atomic E-state index is -0.704. The van der Waals surface area contributed by atoms with E-state index in [9.17, 15) is 9.90 Å². The van der Waals surface area contributed by atoms with Crippen molar-refractivity contribution in [1.82, 2.24) is 4.90 Å². The fraction of sp³-hybridized carbons (Fsp3) is 0.632. The van der Waals surface area contributed by atoms with Crippen LogP contribution in [0, 0.1) is 6.92 Å². The van der Waals surface area contributed by atoms with Gasteiger partial charge in [-0.25, -0.2) is 4.48 Å². The number of quaternary nitrogens is 1. The minimum absolute atomic E-state index is 0.0631. The summed E-state index contributed by atoms with van der Waals surface area (Å²) in [6.45, 7) is 13.4. The molecule has 5 nitrogen and oxygen atoms in total. The number of hydrogen-bond donors (Lipinski definition) is 2. The molecule has 1 fully saturated rings. The quantitative estimate of drug-likeness (QED) is 0.830. The first-order chi connectivity index (χ1) is 11.1. The number of nitrogens with zero attached hydrogens (tertiary/aromatic N) is 2. The molecule has 2 N–H and O–H groups in total. The zero-order chi connectivity index (χ0) is 18.1. The number of benzene rings is 1. The highest BCUT2D eigenvalue weighted by molar-refractivity contribution is 5.58. The Kier molecular flexibility index (Phi) is 5.25. The van der Waals surface area contributed by atoms with Crippen LogP contribution in [0.5, 0.6) is 0 Å². The van der Waals surface area contributed by atoms with Gasteiger partial charge in [-0.2, -0.15) is 4.79 Å². The Morgan fingerprint density at radius 2 is 2.08 bits per heavy atom. The van der Waals surface area contributed by atoms with E-state index in [0.29, 0.717) is 6.54 Å². The summed E-state index contributed by atoms with van der Waals surface area (Å²) < 4.78 is 0.140. The van der Waals surface area contributed by atoms with Crippen LogP contribution in [0.4, 0.5) is 10.5 Å². The Balaban J connectivity index is 2.15. The van der Waals surface area contributed by atoms with Crippen LogP contribution in [0.15, 0.2) is 18.2 Å². The van der Waals surface area contributed by atoms with E-state index in [2.05, 4.69) is 42.3 Å². The molecule has 1 amide bonds. The van der Waals surface area contributed by atoms with E-state index < -0.39 is 6.09 Å². The van der Waals surface area contributed by atoms with Crippen molar-refractivity contribution in [2.45, 2.75) is 52.7 Å². The normalized spacial score (nSPS) is 25.5. The topological polar surface area (TPSA) is 52.6 Å². The van der Waals surface area contributed by atoms with Gasteiger partial charge < -0.3 is 10.4 Å². The molecule has 0 saturated carbocycles. The third kappa shape index (κ3) is 3.28. The molecule has 0 aromatic heterocycles. The summed E-state index contributed by atoms with van der Waals surface area (Å²) in [5.74, 6) is 0. The van der Waals surface area contributed by atoms with E-state index in [1.54, 1.807) is 0 Å². The number of anilines is 1.